The molecule has 0 unspecified atom stereocenters. The predicted octanol–water partition coefficient (Wildman–Crippen LogP) is 4.98. The number of aromatic hydroxyl groups is 1. The Morgan fingerprint density at radius 2 is 1.73 bits per heavy atom. The summed E-state index contributed by atoms with van der Waals surface area (Å²) in [5.41, 5.74) is 1.52. The van der Waals surface area contributed by atoms with Crippen LogP contribution in [-0.2, 0) is 14.3 Å². The molecule has 0 atom stereocenters. The first kappa shape index (κ1) is 33.4. The van der Waals surface area contributed by atoms with E-state index in [1.165, 1.54) is 30.3 Å². The van der Waals surface area contributed by atoms with E-state index in [1.807, 2.05) is 20.8 Å². The van der Waals surface area contributed by atoms with Crippen LogP contribution in [0.1, 0.15) is 44.0 Å². The van der Waals surface area contributed by atoms with Gasteiger partial charge >= 0.3 is 5.97 Å². The molecule has 2 aliphatic rings. The van der Waals surface area contributed by atoms with E-state index in [0.29, 0.717) is 79.1 Å². The van der Waals surface area contributed by atoms with Gasteiger partial charge in [0.1, 0.15) is 17.1 Å². The third-order valence-corrected chi connectivity index (χ3v) is 7.31. The van der Waals surface area contributed by atoms with E-state index in [1.54, 1.807) is 24.3 Å². The fourth-order valence-corrected chi connectivity index (χ4v) is 5.04. The number of hydrogen-bond acceptors (Lipinski definition) is 8. The second-order valence-electron chi connectivity index (χ2n) is 10.9. The number of phenols is 1. The monoisotopic (exact) mass is 635 g/mol. The Morgan fingerprint density at radius 3 is 2.49 bits per heavy atom. The van der Waals surface area contributed by atoms with Crippen molar-refractivity contribution in [2.24, 2.45) is 0 Å². The van der Waals surface area contributed by atoms with Crippen molar-refractivity contribution in [3.05, 3.63) is 70.4 Å². The summed E-state index contributed by atoms with van der Waals surface area (Å²) in [4.78, 5) is 36.8. The van der Waals surface area contributed by atoms with Gasteiger partial charge in [-0.1, -0.05) is 6.07 Å². The molecule has 1 aliphatic carbocycles. The summed E-state index contributed by atoms with van der Waals surface area (Å²) in [6.07, 6.45) is 0.875. The summed E-state index contributed by atoms with van der Waals surface area (Å²) < 4.78 is 16.9. The second kappa shape index (κ2) is 15.0. The number of carbonyl (C=O) groups excluding carboxylic acids is 1. The number of phenolic OH excluding ortho intramolecular Hbond substituents is 1. The van der Waals surface area contributed by atoms with E-state index in [9.17, 15) is 24.6 Å². The first-order valence-corrected chi connectivity index (χ1v) is 15.0. The molecule has 12 heteroatoms. The SMILES string of the molecule is CCOCCOC(C)(C)CCC(=O)NCCNC(=S)Nc1ccc(-c2c3ccc(=O)cc-3oc3cc(O)ccc23)c(C(=O)O)c1. The number of anilines is 1. The lowest BCUT2D eigenvalue weighted by molar-refractivity contribution is -0.123. The van der Waals surface area contributed by atoms with E-state index in [4.69, 9.17) is 26.1 Å². The summed E-state index contributed by atoms with van der Waals surface area (Å²) in [5, 5.41) is 29.8. The standard InChI is InChI=1S/C33H37N3O8S/c1-4-42-15-16-43-33(2,3)12-11-29(39)34-13-14-35-32(45)36-20-5-8-23(26(17-20)31(40)41)30-24-9-6-21(37)18-27(24)44-28-19-22(38)7-10-25(28)30/h5-10,17-19,37H,4,11-16H2,1-3H3,(H,34,39)(H,40,41)(H2,35,36,45). The Morgan fingerprint density at radius 1 is 0.978 bits per heavy atom. The lowest BCUT2D eigenvalue weighted by Gasteiger charge is -2.25. The van der Waals surface area contributed by atoms with E-state index in [0.717, 1.165) is 0 Å². The largest absolute Gasteiger partial charge is 0.508 e. The highest BCUT2D eigenvalue weighted by molar-refractivity contribution is 7.80. The topological polar surface area (TPSA) is 159 Å². The molecule has 2 aromatic rings. The van der Waals surface area contributed by atoms with Crippen LogP contribution in [0.3, 0.4) is 0 Å². The summed E-state index contributed by atoms with van der Waals surface area (Å²) in [5.74, 6) is -1.04. The maximum atomic E-state index is 12.4. The highest BCUT2D eigenvalue weighted by atomic mass is 32.1. The Hall–Kier alpha value is -4.52. The summed E-state index contributed by atoms with van der Waals surface area (Å²) in [6.45, 7) is 8.12. The lowest BCUT2D eigenvalue weighted by atomic mass is 9.90. The molecule has 1 aliphatic heterocycles. The predicted molar refractivity (Wildman–Crippen MR) is 176 cm³/mol. The smallest absolute Gasteiger partial charge is 0.336 e. The molecule has 0 aromatic heterocycles. The molecular formula is C33H37N3O8S. The minimum Gasteiger partial charge on any atom is -0.508 e. The van der Waals surface area contributed by atoms with E-state index >= 15 is 0 Å². The molecule has 1 amide bonds. The van der Waals surface area contributed by atoms with Crippen LogP contribution in [0, 0.1) is 0 Å². The van der Waals surface area contributed by atoms with Gasteiger partial charge in [0.15, 0.2) is 10.5 Å². The maximum absolute atomic E-state index is 12.4. The zero-order valence-corrected chi connectivity index (χ0v) is 26.2. The number of amides is 1. The van der Waals surface area contributed by atoms with Gasteiger partial charge in [0, 0.05) is 60.5 Å². The lowest BCUT2D eigenvalue weighted by Crippen LogP contribution is -2.37. The van der Waals surface area contributed by atoms with Crippen molar-refractivity contribution in [2.45, 2.75) is 39.2 Å². The quantitative estimate of drug-likeness (QED) is 0.0722. The van der Waals surface area contributed by atoms with Gasteiger partial charge in [-0.05, 0) is 81.4 Å². The van der Waals surface area contributed by atoms with Crippen LogP contribution < -0.4 is 21.4 Å². The number of carbonyl (C=O) groups is 2. The highest BCUT2D eigenvalue weighted by Crippen LogP contribution is 2.42. The van der Waals surface area contributed by atoms with Crippen LogP contribution >= 0.6 is 12.2 Å². The van der Waals surface area contributed by atoms with Gasteiger partial charge in [0.25, 0.3) is 0 Å². The third kappa shape index (κ3) is 9.00. The van der Waals surface area contributed by atoms with Crippen molar-refractivity contribution < 1.29 is 33.7 Å². The first-order chi connectivity index (χ1) is 21.5. The number of thiocarbonyl (C=S) groups is 1. The molecule has 2 aromatic carbocycles. The van der Waals surface area contributed by atoms with Crippen LogP contribution in [0.2, 0.25) is 0 Å². The van der Waals surface area contributed by atoms with Crippen molar-refractivity contribution in [2.75, 3.05) is 38.2 Å². The zero-order valence-electron chi connectivity index (χ0n) is 25.4. The molecule has 0 bridgehead atoms. The molecule has 11 nitrogen and oxygen atoms in total. The van der Waals surface area contributed by atoms with Gasteiger partial charge < -0.3 is 40.1 Å². The van der Waals surface area contributed by atoms with E-state index in [-0.39, 0.29) is 33.5 Å². The van der Waals surface area contributed by atoms with E-state index in [2.05, 4.69) is 16.0 Å². The van der Waals surface area contributed by atoms with Crippen LogP contribution in [0.5, 0.6) is 5.75 Å². The number of benzene rings is 3. The Labute approximate surface area is 265 Å². The number of ether oxygens (including phenoxy) is 2. The van der Waals surface area contributed by atoms with Gasteiger partial charge in [-0.25, -0.2) is 4.79 Å². The van der Waals surface area contributed by atoms with Gasteiger partial charge in [-0.3, -0.25) is 9.59 Å². The van der Waals surface area contributed by atoms with Crippen molar-refractivity contribution >= 4 is 45.9 Å². The fourth-order valence-electron chi connectivity index (χ4n) is 4.82. The van der Waals surface area contributed by atoms with Crippen LogP contribution in [-0.4, -0.2) is 65.7 Å². The van der Waals surface area contributed by atoms with Crippen molar-refractivity contribution in [3.63, 3.8) is 0 Å². The zero-order chi connectivity index (χ0) is 32.6. The third-order valence-electron chi connectivity index (χ3n) is 7.07. The molecule has 0 saturated heterocycles. The Balaban J connectivity index is 1.39. The number of hydrogen-bond donors (Lipinski definition) is 5. The van der Waals surface area contributed by atoms with Crippen molar-refractivity contribution in [1.82, 2.24) is 10.6 Å². The summed E-state index contributed by atoms with van der Waals surface area (Å²) >= 11 is 5.39. The molecular weight excluding hydrogens is 598 g/mol. The molecule has 5 N–H and O–H groups in total. The average Bonchev–Trinajstić information content (AvgIpc) is 2.99. The van der Waals surface area contributed by atoms with Gasteiger partial charge in [-0.15, -0.1) is 0 Å². The minimum atomic E-state index is -1.17. The fraction of sp³-hybridized carbons (Fsp3) is 0.333. The normalized spacial score (nSPS) is 11.4. The molecule has 0 radical (unpaired) electrons. The number of rotatable bonds is 14. The molecule has 4 rings (SSSR count). The van der Waals surface area contributed by atoms with Crippen LogP contribution in [0.15, 0.2) is 63.8 Å². The van der Waals surface area contributed by atoms with Crippen LogP contribution in [0.25, 0.3) is 33.4 Å². The number of fused-ring (bicyclic) bond motifs is 2. The summed E-state index contributed by atoms with van der Waals surface area (Å²) in [7, 11) is 0. The molecule has 0 fully saturated rings. The number of nitrogens with one attached hydrogen (secondary N) is 3. The molecule has 1 heterocycles. The molecule has 45 heavy (non-hydrogen) atoms. The molecule has 0 saturated carbocycles. The average molecular weight is 636 g/mol. The van der Waals surface area contributed by atoms with E-state index < -0.39 is 11.6 Å². The van der Waals surface area contributed by atoms with Gasteiger partial charge in [0.05, 0.1) is 24.4 Å². The van der Waals surface area contributed by atoms with Crippen molar-refractivity contribution in [3.8, 4) is 28.2 Å². The van der Waals surface area contributed by atoms with Crippen LogP contribution in [0.4, 0.5) is 5.69 Å². The number of carboxylic acids is 1. The van der Waals surface area contributed by atoms with Gasteiger partial charge in [0.2, 0.25) is 5.91 Å². The maximum Gasteiger partial charge on any atom is 0.336 e. The minimum absolute atomic E-state index is 0.00654. The summed E-state index contributed by atoms with van der Waals surface area (Å²) in [6, 6.07) is 13.7. The Kier molecular flexibility index (Phi) is 11.1. The Bertz CT molecular complexity index is 1720. The number of aromatic carboxylic acids is 1. The second-order valence-corrected chi connectivity index (χ2v) is 11.3. The number of carboxylic acid groups (broad SMARTS) is 1. The van der Waals surface area contributed by atoms with Crippen molar-refractivity contribution in [1.29, 1.82) is 0 Å². The molecule has 0 spiro atoms. The molecule has 238 valence electrons. The highest BCUT2D eigenvalue weighted by Gasteiger charge is 2.23. The van der Waals surface area contributed by atoms with Gasteiger partial charge in [-0.2, -0.15) is 0 Å². The first-order valence-electron chi connectivity index (χ1n) is 14.6.